The summed E-state index contributed by atoms with van der Waals surface area (Å²) in [6, 6.07) is 9.05. The van der Waals surface area contributed by atoms with Gasteiger partial charge in [0.1, 0.15) is 28.3 Å². The van der Waals surface area contributed by atoms with Gasteiger partial charge in [0.05, 0.1) is 19.5 Å². The van der Waals surface area contributed by atoms with Crippen LogP contribution in [0.1, 0.15) is 65.7 Å². The molecule has 1 aromatic carbocycles. The Morgan fingerprint density at radius 3 is 1.59 bits per heavy atom. The summed E-state index contributed by atoms with van der Waals surface area (Å²) in [4.78, 5) is 67.1. The van der Waals surface area contributed by atoms with Crippen LogP contribution in [-0.4, -0.2) is 74.0 Å². The van der Waals surface area contributed by atoms with Crippen LogP contribution in [0.25, 0.3) is 0 Å². The van der Waals surface area contributed by atoms with E-state index in [0.717, 1.165) is 3.57 Å². The summed E-state index contributed by atoms with van der Waals surface area (Å²) in [5.41, 5.74) is 4.38. The molecule has 5 N–H and O–H groups in total. The minimum Gasteiger partial charge on any atom is -0.453 e. The number of carbonyl (C=O) groups is 6. The second kappa shape index (κ2) is 19.7. The topological polar surface area (TPSA) is 246 Å². The van der Waals surface area contributed by atoms with E-state index in [1.807, 2.05) is 18.2 Å². The van der Waals surface area contributed by atoms with Gasteiger partial charge in [-0.15, -0.1) is 0 Å². The molecule has 0 atom stereocenters. The van der Waals surface area contributed by atoms with Gasteiger partial charge in [-0.2, -0.15) is 10.2 Å². The first-order valence-corrected chi connectivity index (χ1v) is 17.7. The third kappa shape index (κ3) is 17.2. The van der Waals surface area contributed by atoms with E-state index < -0.39 is 68.0 Å². The fraction of sp³-hybridized carbons (Fsp3) is 0.419. The molecule has 0 radical (unpaired) electrons. The number of nitrogens with one attached hydrogen (secondary N) is 3. The number of anilines is 3. The van der Waals surface area contributed by atoms with Gasteiger partial charge in [-0.25, -0.2) is 14.4 Å². The van der Waals surface area contributed by atoms with Crippen LogP contribution in [0.15, 0.2) is 42.7 Å². The third-order valence-corrected chi connectivity index (χ3v) is 8.85. The number of rotatable bonds is 7. The molecule has 282 valence electrons. The van der Waals surface area contributed by atoms with Gasteiger partial charge < -0.3 is 19.9 Å². The van der Waals surface area contributed by atoms with Crippen LogP contribution in [0.5, 0.6) is 0 Å². The van der Waals surface area contributed by atoms with Crippen molar-refractivity contribution in [3.05, 3.63) is 51.9 Å². The summed E-state index contributed by atoms with van der Waals surface area (Å²) >= 11 is -2.59. The van der Waals surface area contributed by atoms with Crippen molar-refractivity contribution in [1.82, 2.24) is 19.6 Å². The molecule has 2 aromatic heterocycles. The third-order valence-electron chi connectivity index (χ3n) is 5.07. The van der Waals surface area contributed by atoms with Crippen LogP contribution in [-0.2, 0) is 44.0 Å². The van der Waals surface area contributed by atoms with E-state index in [1.54, 1.807) is 67.8 Å². The number of methoxy groups -OCH3 is 1. The van der Waals surface area contributed by atoms with Gasteiger partial charge in [0, 0.05) is 14.1 Å². The fourth-order valence-electron chi connectivity index (χ4n) is 3.22. The summed E-state index contributed by atoms with van der Waals surface area (Å²) in [7, 11) is 4.45. The predicted molar refractivity (Wildman–Crippen MR) is 193 cm³/mol. The molecule has 19 nitrogen and oxygen atoms in total. The first-order valence-electron chi connectivity index (χ1n) is 14.8. The van der Waals surface area contributed by atoms with Crippen LogP contribution in [0.4, 0.5) is 31.7 Å². The first-order chi connectivity index (χ1) is 23.5. The molecular formula is C31H45IN8O11. The molecule has 0 saturated heterocycles. The summed E-state index contributed by atoms with van der Waals surface area (Å²) in [5.74, 6) is -0.994. The average molecular weight is 833 g/mol. The molecule has 20 heteroatoms. The number of aromatic nitrogens is 4. The number of carbonyl (C=O) groups excluding carboxylic acids is 6. The van der Waals surface area contributed by atoms with Crippen molar-refractivity contribution < 1.29 is 49.1 Å². The van der Waals surface area contributed by atoms with Gasteiger partial charge in [0.15, 0.2) is 5.82 Å². The number of nitrogens with two attached hydrogens (primary N) is 1. The number of aryl methyl sites for hydroxylation is 2. The van der Waals surface area contributed by atoms with Gasteiger partial charge in [-0.05, 0) is 41.5 Å². The summed E-state index contributed by atoms with van der Waals surface area (Å²) in [5, 5.41) is 15.1. The Morgan fingerprint density at radius 2 is 1.16 bits per heavy atom. The SMILES string of the molecule is CC(=O)OI(OC(C)=O)c1ccccc1.COC(=O)Nc1cnn(C)c1NC(=O)OC(C)(C)C.Cn1ncc(C(N)=O)c1NC(=O)OC(C)(C)C. The number of nitrogens with zero attached hydrogens (tertiary/aromatic N) is 4. The zero-order valence-corrected chi connectivity index (χ0v) is 32.4. The Kier molecular flexibility index (Phi) is 16.8. The van der Waals surface area contributed by atoms with Crippen molar-refractivity contribution in [2.75, 3.05) is 23.1 Å². The van der Waals surface area contributed by atoms with Crippen LogP contribution in [0.3, 0.4) is 0 Å². The maximum atomic E-state index is 11.7. The van der Waals surface area contributed by atoms with Gasteiger partial charge in [0.2, 0.25) is 0 Å². The zero-order valence-electron chi connectivity index (χ0n) is 30.3. The molecular weight excluding hydrogens is 787 g/mol. The second-order valence-electron chi connectivity index (χ2n) is 11.9. The standard InChI is InChI=1S/C11H18N4O4.C10H11IO4.C10H16N4O3/c1-11(2,3)19-10(17)14-8-7(6-12-15(8)4)13-9(16)18-5;1-8(12)14-11(15-9(2)13)10-6-4-3-5-7-10;1-10(2,3)17-9(16)13-8-6(7(11)15)5-12-14(8)4/h6H,1-5H3,(H,13,16)(H,14,17);3-7H,1-2H3;5H,1-4H3,(H2,11,15)(H,13,16). The summed E-state index contributed by atoms with van der Waals surface area (Å²) in [6.45, 7) is 13.1. The number of hydrogen-bond donors (Lipinski definition) is 4. The molecule has 0 bridgehead atoms. The van der Waals surface area contributed by atoms with E-state index in [4.69, 9.17) is 21.3 Å². The van der Waals surface area contributed by atoms with E-state index in [2.05, 4.69) is 30.9 Å². The van der Waals surface area contributed by atoms with Crippen molar-refractivity contribution in [2.24, 2.45) is 19.8 Å². The fourth-order valence-corrected chi connectivity index (χ4v) is 5.95. The van der Waals surface area contributed by atoms with Crippen LogP contribution in [0.2, 0.25) is 0 Å². The smallest absolute Gasteiger partial charge is 0.413 e. The number of halogens is 1. The molecule has 3 aromatic rings. The van der Waals surface area contributed by atoms with Crippen LogP contribution < -0.4 is 21.7 Å². The van der Waals surface area contributed by atoms with Gasteiger partial charge in [-0.3, -0.25) is 30.1 Å². The van der Waals surface area contributed by atoms with Crippen molar-refractivity contribution in [3.63, 3.8) is 0 Å². The Hall–Kier alpha value is -5.41. The minimum absolute atomic E-state index is 0.137. The van der Waals surface area contributed by atoms with Crippen molar-refractivity contribution in [2.45, 2.75) is 66.6 Å². The normalized spacial score (nSPS) is 10.8. The minimum atomic E-state index is -2.59. The monoisotopic (exact) mass is 832 g/mol. The first kappa shape index (κ1) is 43.6. The maximum Gasteiger partial charge on any atom is 0.413 e. The summed E-state index contributed by atoms with van der Waals surface area (Å²) < 4.78 is 28.2. The molecule has 51 heavy (non-hydrogen) atoms. The van der Waals surface area contributed by atoms with Crippen molar-refractivity contribution in [3.8, 4) is 0 Å². The molecule has 0 spiro atoms. The van der Waals surface area contributed by atoms with Crippen molar-refractivity contribution >= 4 is 74.1 Å². The van der Waals surface area contributed by atoms with E-state index in [-0.39, 0.29) is 11.4 Å². The zero-order chi connectivity index (χ0) is 39.1. The molecule has 0 unspecified atom stereocenters. The van der Waals surface area contributed by atoms with Crippen LogP contribution >= 0.6 is 20.6 Å². The van der Waals surface area contributed by atoms with Crippen molar-refractivity contribution in [1.29, 1.82) is 0 Å². The Morgan fingerprint density at radius 1 is 0.706 bits per heavy atom. The van der Waals surface area contributed by atoms with E-state index in [9.17, 15) is 28.8 Å². The second-order valence-corrected chi connectivity index (χ2v) is 15.3. The predicted octanol–water partition coefficient (Wildman–Crippen LogP) is 5.13. The maximum absolute atomic E-state index is 11.7. The Labute approximate surface area is 303 Å². The quantitative estimate of drug-likeness (QED) is 0.178. The van der Waals surface area contributed by atoms with Gasteiger partial charge in [0.25, 0.3) is 5.91 Å². The van der Waals surface area contributed by atoms with E-state index >= 15 is 0 Å². The molecule has 0 fully saturated rings. The number of benzene rings is 1. The molecule has 0 aliphatic heterocycles. The largest absolute Gasteiger partial charge is 0.453 e. The summed E-state index contributed by atoms with van der Waals surface area (Å²) in [6.07, 6.45) is 0.728. The number of amides is 4. The Balaban J connectivity index is 0.000000385. The molecule has 0 aliphatic rings. The molecule has 4 amide bonds. The van der Waals surface area contributed by atoms with E-state index in [0.29, 0.717) is 11.5 Å². The molecule has 0 saturated carbocycles. The average Bonchev–Trinajstić information content (AvgIpc) is 3.52. The van der Waals surface area contributed by atoms with Gasteiger partial charge in [-0.1, -0.05) is 0 Å². The number of hydrogen-bond acceptors (Lipinski definition) is 13. The van der Waals surface area contributed by atoms with Crippen LogP contribution in [0, 0.1) is 3.57 Å². The molecule has 0 aliphatic carbocycles. The van der Waals surface area contributed by atoms with E-state index in [1.165, 1.54) is 42.7 Å². The Bertz CT molecular complexity index is 1650. The number of ether oxygens (including phenoxy) is 3. The molecule has 2 heterocycles. The van der Waals surface area contributed by atoms with Gasteiger partial charge >= 0.3 is 114 Å². The number of primary amides is 1. The molecule has 3 rings (SSSR count).